The van der Waals surface area contributed by atoms with Crippen molar-refractivity contribution in [1.82, 2.24) is 9.88 Å². The van der Waals surface area contributed by atoms with Gasteiger partial charge in [0.2, 0.25) is 11.8 Å². The molecule has 0 saturated carbocycles. The van der Waals surface area contributed by atoms with Gasteiger partial charge in [-0.15, -0.1) is 0 Å². The van der Waals surface area contributed by atoms with Crippen LogP contribution in [0.5, 0.6) is 0 Å². The summed E-state index contributed by atoms with van der Waals surface area (Å²) in [4.78, 5) is 30.1. The molecule has 0 saturated heterocycles. The first-order chi connectivity index (χ1) is 14.6. The molecule has 0 unspecified atom stereocenters. The standard InChI is InChI=1S/C24H22N4O2/c25-15-19-3-1-2-18(13-19)12-17-8-10-28(11-9-17)23(30)7-4-20-14-21-5-6-22(29)27-24(21)26-16-20/h1-4,7-8,13-14,16H,5-6,9-12H2,(H,26,27,29). The number of nitrogens with zero attached hydrogens (tertiary/aromatic N) is 3. The van der Waals surface area contributed by atoms with Crippen LogP contribution in [0.1, 0.15) is 35.1 Å². The van der Waals surface area contributed by atoms with Gasteiger partial charge in [-0.1, -0.05) is 23.8 Å². The molecule has 1 N–H and O–H groups in total. The summed E-state index contributed by atoms with van der Waals surface area (Å²) in [6.45, 7) is 1.27. The summed E-state index contributed by atoms with van der Waals surface area (Å²) in [5.41, 5.74) is 4.93. The third kappa shape index (κ3) is 4.64. The number of nitriles is 1. The average molecular weight is 398 g/mol. The quantitative estimate of drug-likeness (QED) is 0.633. The maximum absolute atomic E-state index is 12.5. The zero-order valence-corrected chi connectivity index (χ0v) is 16.6. The highest BCUT2D eigenvalue weighted by Crippen LogP contribution is 2.22. The summed E-state index contributed by atoms with van der Waals surface area (Å²) in [5, 5.41) is 11.8. The van der Waals surface area contributed by atoms with E-state index in [1.807, 2.05) is 29.2 Å². The largest absolute Gasteiger partial charge is 0.335 e. The first kappa shape index (κ1) is 19.6. The molecule has 0 bridgehead atoms. The van der Waals surface area contributed by atoms with Gasteiger partial charge in [0.25, 0.3) is 0 Å². The lowest BCUT2D eigenvalue weighted by Gasteiger charge is -2.25. The molecule has 0 aliphatic carbocycles. The third-order valence-electron chi connectivity index (χ3n) is 5.39. The average Bonchev–Trinajstić information content (AvgIpc) is 2.78. The van der Waals surface area contributed by atoms with E-state index >= 15 is 0 Å². The number of rotatable bonds is 4. The lowest BCUT2D eigenvalue weighted by molar-refractivity contribution is -0.125. The molecule has 30 heavy (non-hydrogen) atoms. The monoisotopic (exact) mass is 398 g/mol. The minimum Gasteiger partial charge on any atom is -0.335 e. The van der Waals surface area contributed by atoms with Crippen LogP contribution >= 0.6 is 0 Å². The zero-order valence-electron chi connectivity index (χ0n) is 16.6. The van der Waals surface area contributed by atoms with Crippen LogP contribution in [0.3, 0.4) is 0 Å². The minimum atomic E-state index is -0.0252. The molecule has 0 fully saturated rings. The Morgan fingerprint density at radius 1 is 1.27 bits per heavy atom. The lowest BCUT2D eigenvalue weighted by atomic mass is 9.98. The van der Waals surface area contributed by atoms with Crippen molar-refractivity contribution < 1.29 is 9.59 Å². The Morgan fingerprint density at radius 3 is 2.97 bits per heavy atom. The number of anilines is 1. The number of hydrogen-bond acceptors (Lipinski definition) is 4. The van der Waals surface area contributed by atoms with Crippen molar-refractivity contribution in [3.05, 3.63) is 76.5 Å². The van der Waals surface area contributed by atoms with Gasteiger partial charge in [0, 0.05) is 31.8 Å². The van der Waals surface area contributed by atoms with Crippen molar-refractivity contribution in [2.75, 3.05) is 18.4 Å². The molecule has 0 radical (unpaired) electrons. The molecule has 6 heteroatoms. The van der Waals surface area contributed by atoms with Crippen LogP contribution in [-0.2, 0) is 22.4 Å². The Labute approximate surface area is 175 Å². The summed E-state index contributed by atoms with van der Waals surface area (Å²) in [6.07, 6.45) is 9.90. The molecule has 150 valence electrons. The van der Waals surface area contributed by atoms with E-state index in [9.17, 15) is 9.59 Å². The fourth-order valence-electron chi connectivity index (χ4n) is 3.72. The molecule has 2 aromatic rings. The fraction of sp³-hybridized carbons (Fsp3) is 0.250. The second-order valence-corrected chi connectivity index (χ2v) is 7.54. The van der Waals surface area contributed by atoms with Crippen LogP contribution in [0.2, 0.25) is 0 Å². The van der Waals surface area contributed by atoms with E-state index in [0.29, 0.717) is 37.3 Å². The van der Waals surface area contributed by atoms with E-state index in [-0.39, 0.29) is 11.8 Å². The van der Waals surface area contributed by atoms with E-state index in [2.05, 4.69) is 22.4 Å². The second kappa shape index (κ2) is 8.75. The van der Waals surface area contributed by atoms with Gasteiger partial charge in [0.15, 0.2) is 0 Å². The molecule has 1 aromatic heterocycles. The van der Waals surface area contributed by atoms with Crippen LogP contribution in [0.15, 0.2) is 54.3 Å². The summed E-state index contributed by atoms with van der Waals surface area (Å²) in [6, 6.07) is 11.8. The van der Waals surface area contributed by atoms with Crippen LogP contribution in [0.4, 0.5) is 5.82 Å². The van der Waals surface area contributed by atoms with Crippen molar-refractivity contribution in [3.8, 4) is 6.07 Å². The predicted octanol–water partition coefficient (Wildman–Crippen LogP) is 3.25. The highest BCUT2D eigenvalue weighted by molar-refractivity contribution is 5.94. The number of nitrogens with one attached hydrogen (secondary N) is 1. The Kier molecular flexibility index (Phi) is 5.71. The molecular weight excluding hydrogens is 376 g/mol. The molecule has 2 aliphatic rings. The number of amides is 2. The zero-order chi connectivity index (χ0) is 20.9. The lowest BCUT2D eigenvalue weighted by Crippen LogP contribution is -2.33. The molecule has 1 aromatic carbocycles. The van der Waals surface area contributed by atoms with Crippen LogP contribution < -0.4 is 5.32 Å². The Balaban J connectivity index is 1.35. The molecule has 6 nitrogen and oxygen atoms in total. The predicted molar refractivity (Wildman–Crippen MR) is 114 cm³/mol. The van der Waals surface area contributed by atoms with E-state index in [1.165, 1.54) is 5.57 Å². The number of aromatic nitrogens is 1. The van der Waals surface area contributed by atoms with Crippen LogP contribution in [0.25, 0.3) is 6.08 Å². The normalized spacial score (nSPS) is 15.9. The molecule has 2 aliphatic heterocycles. The van der Waals surface area contributed by atoms with Crippen molar-refractivity contribution in [1.29, 1.82) is 5.26 Å². The maximum Gasteiger partial charge on any atom is 0.246 e. The van der Waals surface area contributed by atoms with E-state index < -0.39 is 0 Å². The van der Waals surface area contributed by atoms with Gasteiger partial charge in [0.05, 0.1) is 11.6 Å². The highest BCUT2D eigenvalue weighted by Gasteiger charge is 2.17. The van der Waals surface area contributed by atoms with Gasteiger partial charge in [-0.25, -0.2) is 4.98 Å². The summed E-state index contributed by atoms with van der Waals surface area (Å²) in [5.74, 6) is 0.579. The molecule has 0 spiro atoms. The van der Waals surface area contributed by atoms with Crippen molar-refractivity contribution in [2.45, 2.75) is 25.7 Å². The molecule has 3 heterocycles. The summed E-state index contributed by atoms with van der Waals surface area (Å²) < 4.78 is 0. The van der Waals surface area contributed by atoms with Gasteiger partial charge in [-0.3, -0.25) is 9.59 Å². The number of fused-ring (bicyclic) bond motifs is 1. The number of carbonyl (C=O) groups is 2. The van der Waals surface area contributed by atoms with Crippen molar-refractivity contribution >= 4 is 23.7 Å². The number of pyridine rings is 1. The SMILES string of the molecule is N#Cc1cccc(CC2=CCN(C(=O)C=Cc3cnc4c(c3)CCC(=O)N4)CC2)c1. The Hall–Kier alpha value is -3.72. The molecule has 4 rings (SSSR count). The Morgan fingerprint density at radius 2 is 2.17 bits per heavy atom. The number of aryl methyl sites for hydroxylation is 1. The molecule has 2 amide bonds. The smallest absolute Gasteiger partial charge is 0.246 e. The van der Waals surface area contributed by atoms with Gasteiger partial charge in [-0.2, -0.15) is 5.26 Å². The summed E-state index contributed by atoms with van der Waals surface area (Å²) in [7, 11) is 0. The van der Waals surface area contributed by atoms with Crippen molar-refractivity contribution in [2.24, 2.45) is 0 Å². The fourth-order valence-corrected chi connectivity index (χ4v) is 3.72. The van der Waals surface area contributed by atoms with Crippen molar-refractivity contribution in [3.63, 3.8) is 0 Å². The van der Waals surface area contributed by atoms with E-state index in [0.717, 1.165) is 29.5 Å². The van der Waals surface area contributed by atoms with E-state index in [1.54, 1.807) is 24.4 Å². The van der Waals surface area contributed by atoms with Gasteiger partial charge >= 0.3 is 0 Å². The molecule has 0 atom stereocenters. The van der Waals surface area contributed by atoms with Crippen LogP contribution in [-0.4, -0.2) is 34.8 Å². The maximum atomic E-state index is 12.5. The van der Waals surface area contributed by atoms with E-state index in [4.69, 9.17) is 5.26 Å². The third-order valence-corrected chi connectivity index (χ3v) is 5.39. The summed E-state index contributed by atoms with van der Waals surface area (Å²) >= 11 is 0. The Bertz CT molecular complexity index is 1090. The minimum absolute atomic E-state index is 0.0104. The highest BCUT2D eigenvalue weighted by atomic mass is 16.2. The van der Waals surface area contributed by atoms with Gasteiger partial charge in [0.1, 0.15) is 5.82 Å². The number of hydrogen-bond donors (Lipinski definition) is 1. The molecular formula is C24H22N4O2. The number of carbonyl (C=O) groups excluding carboxylic acids is 2. The first-order valence-corrected chi connectivity index (χ1v) is 10.0. The number of benzene rings is 1. The van der Waals surface area contributed by atoms with Gasteiger partial charge in [-0.05, 0) is 60.2 Å². The first-order valence-electron chi connectivity index (χ1n) is 10.0. The van der Waals surface area contributed by atoms with Crippen LogP contribution in [0, 0.1) is 11.3 Å². The second-order valence-electron chi connectivity index (χ2n) is 7.54. The topological polar surface area (TPSA) is 86.1 Å². The van der Waals surface area contributed by atoms with Gasteiger partial charge < -0.3 is 10.2 Å².